The molecule has 0 radical (unpaired) electrons. The Balaban J connectivity index is 0.000000158. The standard InChI is InChI=1S/C17H24O3.C16H22O4.C13H22O5.C12H20O6.C7H14O5/c1-5-15-12(3)11(2)13(4)17(19-15)20-16(18)14-9-7-6-8-10-14;1-4-13-10(2)14(17)11(3)16(19-13)20-15(18)12-8-6-5-7-9-12;1-7-9(8-6-14-12(2,3)16-8)15-11-10(7)17-13(4,5)18-11;1-11(2)14-5-6(16-11)8-7(13)9-10(15-8)18-12(3,4)17-9;1-3-5(9)4(2-8)12-7(11)6(3)10/h6-13,15,17H,5H2,1-4H3;5-11,13-14,16-17H,4H2,1-3H3;7-11H,6H2,1-5H3;6-10,13H,5H2,1-4H3;3-11H,2H2,1H3/t11-,12-,13?,15?,17-;10-,11?,13?,14+,16+;7-,8?,9?,10?,11?;6?,7-,8?,9?,10?;3-,4?,5-,6?,7?/m01000/s1. The molecule has 9 heterocycles. The van der Waals surface area contributed by atoms with Crippen LogP contribution in [-0.2, 0) is 71.1 Å². The number of carbonyl (C=O) groups excluding carboxylic acids is 2. The zero-order valence-corrected chi connectivity index (χ0v) is 54.4. The van der Waals surface area contributed by atoms with E-state index in [1.54, 1.807) is 57.2 Å². The van der Waals surface area contributed by atoms with Gasteiger partial charge in [0.2, 0.25) is 12.6 Å². The lowest BCUT2D eigenvalue weighted by atomic mass is 9.78. The molecule has 6 N–H and O–H groups in total. The molecule has 0 saturated carbocycles. The largest absolute Gasteiger partial charge is 0.432 e. The Morgan fingerprint density at radius 3 is 1.32 bits per heavy atom. The summed E-state index contributed by atoms with van der Waals surface area (Å²) < 4.78 is 84.7. The van der Waals surface area contributed by atoms with E-state index in [1.165, 1.54) is 0 Å². The lowest BCUT2D eigenvalue weighted by Gasteiger charge is -2.42. The number of aliphatic hydroxyl groups is 6. The third-order valence-electron chi connectivity index (χ3n) is 18.2. The van der Waals surface area contributed by atoms with E-state index in [-0.39, 0.29) is 79.2 Å². The second-order valence-corrected chi connectivity index (χ2v) is 26.5. The second kappa shape index (κ2) is 30.1. The molecule has 15 unspecified atom stereocenters. The van der Waals surface area contributed by atoms with E-state index in [4.69, 9.17) is 81.3 Å². The number of benzene rings is 2. The van der Waals surface area contributed by atoms with Gasteiger partial charge in [0.15, 0.2) is 42.0 Å². The third kappa shape index (κ3) is 17.6. The van der Waals surface area contributed by atoms with Crippen molar-refractivity contribution in [3.05, 3.63) is 71.8 Å². The number of carbonyl (C=O) groups is 2. The minimum absolute atomic E-state index is 0.0164. The van der Waals surface area contributed by atoms with Crippen LogP contribution in [0.5, 0.6) is 0 Å². The highest BCUT2D eigenvalue weighted by Gasteiger charge is 2.59. The average molecular weight is 1250 g/mol. The van der Waals surface area contributed by atoms with Gasteiger partial charge < -0.3 is 102 Å². The topological polar surface area (TPSA) is 294 Å². The lowest BCUT2D eigenvalue weighted by Crippen LogP contribution is -2.54. The fourth-order valence-corrected chi connectivity index (χ4v) is 12.4. The van der Waals surface area contributed by atoms with Crippen molar-refractivity contribution in [1.82, 2.24) is 0 Å². The fraction of sp³-hybridized carbons (Fsp3) is 0.785. The van der Waals surface area contributed by atoms with E-state index in [9.17, 15) is 30.0 Å². The lowest BCUT2D eigenvalue weighted by molar-refractivity contribution is -0.271. The van der Waals surface area contributed by atoms with E-state index >= 15 is 0 Å². The highest BCUT2D eigenvalue weighted by molar-refractivity contribution is 5.89. The normalized spacial score (nSPS) is 42.3. The van der Waals surface area contributed by atoms with Gasteiger partial charge in [0.25, 0.3) is 0 Å². The highest BCUT2D eigenvalue weighted by Crippen LogP contribution is 2.45. The molecule has 23 nitrogen and oxygen atoms in total. The van der Waals surface area contributed by atoms with Gasteiger partial charge in [-0.3, -0.25) is 0 Å². The Bertz CT molecular complexity index is 2320. The van der Waals surface area contributed by atoms with Gasteiger partial charge in [-0.05, 0) is 104 Å². The Hall–Kier alpha value is -3.38. The number of hydrogen-bond donors (Lipinski definition) is 6. The number of aliphatic hydroxyl groups excluding tert-OH is 6. The van der Waals surface area contributed by atoms with Crippen LogP contribution < -0.4 is 0 Å². The number of hydrogen-bond acceptors (Lipinski definition) is 23. The smallest absolute Gasteiger partial charge is 0.340 e. The van der Waals surface area contributed by atoms with Crippen molar-refractivity contribution >= 4 is 11.9 Å². The quantitative estimate of drug-likeness (QED) is 0.145. The first kappa shape index (κ1) is 72.1. The highest BCUT2D eigenvalue weighted by atomic mass is 16.9. The van der Waals surface area contributed by atoms with E-state index in [1.807, 2.05) is 86.6 Å². The maximum atomic E-state index is 12.1. The molecule has 9 saturated heterocycles. The predicted octanol–water partition coefficient (Wildman–Crippen LogP) is 6.58. The number of rotatable bonds is 9. The molecular weight excluding hydrogens is 1150 g/mol. The second-order valence-electron chi connectivity index (χ2n) is 26.5. The SMILES string of the molecule is CC1(C)OCC(C2OC3OC(C)(C)OC3[C@H]2O)O1.CCC1O[C@@H](OC(=O)c2ccccc2)C(C)[C@@H](C)[C@@H]1C.CCC1O[C@@H](OC(=O)c2ccccc2)C(C)[C@@H](O)[C@@H]1C.C[C@@H]1C(O)C(O)OC(CO)[C@H]1O.C[C@H]1C(C2COC(C)(C)O2)OC2OC(C)(C)OC21. The van der Waals surface area contributed by atoms with Crippen LogP contribution in [0.4, 0.5) is 0 Å². The summed E-state index contributed by atoms with van der Waals surface area (Å²) in [5, 5.41) is 56.8. The van der Waals surface area contributed by atoms with Crippen molar-refractivity contribution in [1.29, 1.82) is 0 Å². The van der Waals surface area contributed by atoms with E-state index in [0.717, 1.165) is 12.8 Å². The van der Waals surface area contributed by atoms with Crippen LogP contribution in [0.3, 0.4) is 0 Å². The Kier molecular flexibility index (Phi) is 24.7. The van der Waals surface area contributed by atoms with Crippen LogP contribution in [0.2, 0.25) is 0 Å². The van der Waals surface area contributed by atoms with Crippen molar-refractivity contribution in [3.8, 4) is 0 Å². The molecule has 0 amide bonds. The maximum absolute atomic E-state index is 12.1. The predicted molar refractivity (Wildman–Crippen MR) is 315 cm³/mol. The molecular formula is C65H102O23. The Labute approximate surface area is 519 Å². The van der Waals surface area contributed by atoms with Crippen LogP contribution >= 0.6 is 0 Å². The van der Waals surface area contributed by atoms with Crippen molar-refractivity contribution in [2.75, 3.05) is 19.8 Å². The molecule has 0 bridgehead atoms. The molecule has 0 aromatic heterocycles. The third-order valence-corrected chi connectivity index (χ3v) is 18.2. The molecule has 9 aliphatic heterocycles. The van der Waals surface area contributed by atoms with Gasteiger partial charge in [0.05, 0.1) is 61.5 Å². The van der Waals surface area contributed by atoms with Crippen LogP contribution in [0, 0.1) is 41.4 Å². The van der Waals surface area contributed by atoms with Gasteiger partial charge >= 0.3 is 11.9 Å². The summed E-state index contributed by atoms with van der Waals surface area (Å²) in [6, 6.07) is 17.9. The number of ether oxygens (including phenoxy) is 15. The average Bonchev–Trinajstić information content (AvgIpc) is 1.93. The van der Waals surface area contributed by atoms with Crippen molar-refractivity contribution in [2.45, 2.75) is 264 Å². The first-order chi connectivity index (χ1) is 41.2. The maximum Gasteiger partial charge on any atom is 0.340 e. The van der Waals surface area contributed by atoms with E-state index in [2.05, 4.69) is 34.6 Å². The molecule has 23 heteroatoms. The van der Waals surface area contributed by atoms with Gasteiger partial charge in [-0.1, -0.05) is 98.7 Å². The minimum atomic E-state index is -1.32. The van der Waals surface area contributed by atoms with Crippen molar-refractivity contribution < 1.29 is 111 Å². The summed E-state index contributed by atoms with van der Waals surface area (Å²) in [7, 11) is 0. The first-order valence-corrected chi connectivity index (χ1v) is 31.4. The molecule has 500 valence electrons. The zero-order chi connectivity index (χ0) is 65.0. The van der Waals surface area contributed by atoms with Gasteiger partial charge in [-0.2, -0.15) is 0 Å². The Morgan fingerprint density at radius 1 is 0.432 bits per heavy atom. The fourth-order valence-electron chi connectivity index (χ4n) is 12.4. The molecule has 9 fully saturated rings. The summed E-state index contributed by atoms with van der Waals surface area (Å²) in [4.78, 5) is 24.2. The Morgan fingerprint density at radius 2 is 0.875 bits per heavy atom. The van der Waals surface area contributed by atoms with Gasteiger partial charge in [-0.15, -0.1) is 0 Å². The van der Waals surface area contributed by atoms with Gasteiger partial charge in [-0.25, -0.2) is 9.59 Å². The molecule has 0 spiro atoms. The van der Waals surface area contributed by atoms with Crippen LogP contribution in [0.25, 0.3) is 0 Å². The van der Waals surface area contributed by atoms with Gasteiger partial charge in [0, 0.05) is 29.6 Å². The summed E-state index contributed by atoms with van der Waals surface area (Å²) in [6.45, 7) is 33.7. The van der Waals surface area contributed by atoms with Crippen LogP contribution in [-0.4, -0.2) is 196 Å². The van der Waals surface area contributed by atoms with E-state index in [0.29, 0.717) is 36.2 Å². The summed E-state index contributed by atoms with van der Waals surface area (Å²) in [5.41, 5.74) is 1.06. The summed E-state index contributed by atoms with van der Waals surface area (Å²) >= 11 is 0. The molecule has 11 rings (SSSR count). The molecule has 88 heavy (non-hydrogen) atoms. The van der Waals surface area contributed by atoms with Crippen LogP contribution in [0.1, 0.15) is 151 Å². The minimum Gasteiger partial charge on any atom is -0.432 e. The monoisotopic (exact) mass is 1250 g/mol. The van der Waals surface area contributed by atoms with Crippen molar-refractivity contribution in [2.24, 2.45) is 41.4 Å². The zero-order valence-electron chi connectivity index (χ0n) is 54.4. The first-order valence-electron chi connectivity index (χ1n) is 31.4. The van der Waals surface area contributed by atoms with Gasteiger partial charge in [0.1, 0.15) is 48.8 Å². The van der Waals surface area contributed by atoms with E-state index < -0.39 is 103 Å². The van der Waals surface area contributed by atoms with Crippen LogP contribution in [0.15, 0.2) is 60.7 Å². The summed E-state index contributed by atoms with van der Waals surface area (Å²) in [6.07, 6.45) is -6.93. The summed E-state index contributed by atoms with van der Waals surface area (Å²) in [5.74, 6) is -2.43. The number of esters is 2. The molecule has 2 aromatic carbocycles. The molecule has 0 aliphatic carbocycles. The van der Waals surface area contributed by atoms with Crippen molar-refractivity contribution in [3.63, 3.8) is 0 Å². The molecule has 9 aliphatic rings. The number of fused-ring (bicyclic) bond motifs is 2. The molecule has 25 atom stereocenters. The molecule has 2 aromatic rings.